The largest absolute Gasteiger partial charge is 0.325 e. The number of fused-ring (bicyclic) bond motifs is 1. The maximum Gasteiger partial charge on any atom is 0.221 e. The molecule has 4 nitrogen and oxygen atoms in total. The number of para-hydroxylation sites is 1. The lowest BCUT2D eigenvalue weighted by atomic mass is 10.1. The summed E-state index contributed by atoms with van der Waals surface area (Å²) in [6.45, 7) is 2.15. The lowest BCUT2D eigenvalue weighted by Gasteiger charge is -2.15. The molecule has 0 unspecified atom stereocenters. The van der Waals surface area contributed by atoms with E-state index >= 15 is 0 Å². The van der Waals surface area contributed by atoms with Crippen LogP contribution in [-0.2, 0) is 16.0 Å². The van der Waals surface area contributed by atoms with E-state index in [1.54, 1.807) is 4.90 Å². The van der Waals surface area contributed by atoms with Gasteiger partial charge in [0.05, 0.1) is 11.4 Å². The van der Waals surface area contributed by atoms with Crippen LogP contribution in [0.2, 0.25) is 0 Å². The standard InChI is InChI=1S/C11H12N2O2/c1-8(15)12-10-4-2-3-9-5-6-13(7-14)11(9)10/h2-4,7H,5-6H2,1H3,(H,12,15). The highest BCUT2D eigenvalue weighted by Crippen LogP contribution is 2.34. The van der Waals surface area contributed by atoms with Gasteiger partial charge in [-0.15, -0.1) is 0 Å². The van der Waals surface area contributed by atoms with Gasteiger partial charge in [0.1, 0.15) is 0 Å². The van der Waals surface area contributed by atoms with Crippen molar-refractivity contribution in [2.24, 2.45) is 0 Å². The van der Waals surface area contributed by atoms with Crippen molar-refractivity contribution in [3.05, 3.63) is 23.8 Å². The number of nitrogens with one attached hydrogen (secondary N) is 1. The Labute approximate surface area is 87.9 Å². The van der Waals surface area contributed by atoms with Crippen LogP contribution in [-0.4, -0.2) is 18.9 Å². The van der Waals surface area contributed by atoms with Gasteiger partial charge in [-0.2, -0.15) is 0 Å². The van der Waals surface area contributed by atoms with Gasteiger partial charge >= 0.3 is 0 Å². The smallest absolute Gasteiger partial charge is 0.221 e. The zero-order chi connectivity index (χ0) is 10.8. The minimum Gasteiger partial charge on any atom is -0.325 e. The number of carbonyl (C=O) groups is 2. The molecule has 0 saturated carbocycles. The molecule has 0 spiro atoms. The maximum atomic E-state index is 11.0. The van der Waals surface area contributed by atoms with Crippen LogP contribution < -0.4 is 10.2 Å². The summed E-state index contributed by atoms with van der Waals surface area (Å²) in [6, 6.07) is 5.67. The minimum atomic E-state index is -0.124. The first-order chi connectivity index (χ1) is 7.22. The molecular weight excluding hydrogens is 192 g/mol. The molecule has 1 aliphatic heterocycles. The van der Waals surface area contributed by atoms with Gasteiger partial charge in [-0.05, 0) is 18.1 Å². The first kappa shape index (κ1) is 9.71. The van der Waals surface area contributed by atoms with E-state index in [2.05, 4.69) is 5.32 Å². The zero-order valence-corrected chi connectivity index (χ0v) is 8.49. The summed E-state index contributed by atoms with van der Waals surface area (Å²) in [4.78, 5) is 23.4. The van der Waals surface area contributed by atoms with E-state index in [1.807, 2.05) is 18.2 Å². The molecule has 1 N–H and O–H groups in total. The molecule has 0 bridgehead atoms. The molecule has 4 heteroatoms. The van der Waals surface area contributed by atoms with Crippen LogP contribution in [0, 0.1) is 0 Å². The van der Waals surface area contributed by atoms with E-state index in [9.17, 15) is 9.59 Å². The fourth-order valence-electron chi connectivity index (χ4n) is 1.88. The molecule has 2 amide bonds. The van der Waals surface area contributed by atoms with Crippen LogP contribution in [0.4, 0.5) is 11.4 Å². The summed E-state index contributed by atoms with van der Waals surface area (Å²) < 4.78 is 0. The first-order valence-corrected chi connectivity index (χ1v) is 4.84. The Morgan fingerprint density at radius 1 is 1.53 bits per heavy atom. The highest BCUT2D eigenvalue weighted by atomic mass is 16.1. The molecule has 1 heterocycles. The van der Waals surface area contributed by atoms with E-state index in [0.717, 1.165) is 24.1 Å². The summed E-state index contributed by atoms with van der Waals surface area (Å²) in [5.74, 6) is -0.124. The molecule has 0 fully saturated rings. The van der Waals surface area contributed by atoms with E-state index < -0.39 is 0 Å². The quantitative estimate of drug-likeness (QED) is 0.735. The highest BCUT2D eigenvalue weighted by Gasteiger charge is 2.21. The number of carbonyl (C=O) groups excluding carboxylic acids is 2. The van der Waals surface area contributed by atoms with Crippen LogP contribution in [0.5, 0.6) is 0 Å². The van der Waals surface area contributed by atoms with Gasteiger partial charge in [-0.3, -0.25) is 9.59 Å². The van der Waals surface area contributed by atoms with Gasteiger partial charge in [0.15, 0.2) is 0 Å². The lowest BCUT2D eigenvalue weighted by Crippen LogP contribution is -2.19. The Hall–Kier alpha value is -1.84. The van der Waals surface area contributed by atoms with E-state index in [4.69, 9.17) is 0 Å². The average molecular weight is 204 g/mol. The van der Waals surface area contributed by atoms with Crippen LogP contribution in [0.1, 0.15) is 12.5 Å². The molecule has 0 saturated heterocycles. The number of amides is 2. The Morgan fingerprint density at radius 2 is 2.33 bits per heavy atom. The highest BCUT2D eigenvalue weighted by molar-refractivity contribution is 5.97. The molecule has 0 atom stereocenters. The summed E-state index contributed by atoms with van der Waals surface area (Å²) in [5, 5.41) is 2.73. The van der Waals surface area contributed by atoms with Crippen LogP contribution in [0.25, 0.3) is 0 Å². The lowest BCUT2D eigenvalue weighted by molar-refractivity contribution is -0.114. The Kier molecular flexibility index (Phi) is 2.41. The molecule has 15 heavy (non-hydrogen) atoms. The third-order valence-electron chi connectivity index (χ3n) is 2.47. The monoisotopic (exact) mass is 204 g/mol. The molecule has 1 aromatic rings. The van der Waals surface area contributed by atoms with E-state index in [0.29, 0.717) is 12.2 Å². The predicted molar refractivity (Wildman–Crippen MR) is 57.9 cm³/mol. The Morgan fingerprint density at radius 3 is 3.00 bits per heavy atom. The topological polar surface area (TPSA) is 49.4 Å². The number of benzene rings is 1. The van der Waals surface area contributed by atoms with Gasteiger partial charge in [-0.25, -0.2) is 0 Å². The van der Waals surface area contributed by atoms with Gasteiger partial charge in [0.2, 0.25) is 12.3 Å². The molecule has 1 aliphatic rings. The maximum absolute atomic E-state index is 11.0. The predicted octanol–water partition coefficient (Wildman–Crippen LogP) is 1.16. The molecule has 0 radical (unpaired) electrons. The van der Waals surface area contributed by atoms with Crippen molar-refractivity contribution < 1.29 is 9.59 Å². The molecule has 0 aliphatic carbocycles. The Balaban J connectivity index is 2.43. The third-order valence-corrected chi connectivity index (χ3v) is 2.47. The van der Waals surface area contributed by atoms with Crippen molar-refractivity contribution in [2.45, 2.75) is 13.3 Å². The molecular formula is C11H12N2O2. The summed E-state index contributed by atoms with van der Waals surface area (Å²) in [6.07, 6.45) is 1.65. The summed E-state index contributed by atoms with van der Waals surface area (Å²) in [5.41, 5.74) is 2.65. The normalized spacial score (nSPS) is 13.5. The SMILES string of the molecule is CC(=O)Nc1cccc2c1N(C=O)CC2. The van der Waals surface area contributed by atoms with Crippen molar-refractivity contribution in [3.8, 4) is 0 Å². The van der Waals surface area contributed by atoms with Crippen molar-refractivity contribution >= 4 is 23.7 Å². The fourth-order valence-corrected chi connectivity index (χ4v) is 1.88. The Bertz CT molecular complexity index is 415. The van der Waals surface area contributed by atoms with Gasteiger partial charge in [0.25, 0.3) is 0 Å². The van der Waals surface area contributed by atoms with E-state index in [1.165, 1.54) is 6.92 Å². The van der Waals surface area contributed by atoms with Crippen molar-refractivity contribution in [2.75, 3.05) is 16.8 Å². The third kappa shape index (κ3) is 1.70. The average Bonchev–Trinajstić information content (AvgIpc) is 2.61. The molecule has 2 rings (SSSR count). The number of anilines is 2. The first-order valence-electron chi connectivity index (χ1n) is 4.84. The minimum absolute atomic E-state index is 0.124. The summed E-state index contributed by atoms with van der Waals surface area (Å²) >= 11 is 0. The van der Waals surface area contributed by atoms with Crippen molar-refractivity contribution in [1.29, 1.82) is 0 Å². The number of hydrogen-bond donors (Lipinski definition) is 1. The number of nitrogens with zero attached hydrogens (tertiary/aromatic N) is 1. The second kappa shape index (κ2) is 3.73. The van der Waals surface area contributed by atoms with Crippen LogP contribution in [0.15, 0.2) is 18.2 Å². The van der Waals surface area contributed by atoms with Gasteiger partial charge < -0.3 is 10.2 Å². The fraction of sp³-hybridized carbons (Fsp3) is 0.273. The molecule has 0 aromatic heterocycles. The van der Waals surface area contributed by atoms with Crippen molar-refractivity contribution in [1.82, 2.24) is 0 Å². The van der Waals surface area contributed by atoms with Gasteiger partial charge in [-0.1, -0.05) is 12.1 Å². The summed E-state index contributed by atoms with van der Waals surface area (Å²) in [7, 11) is 0. The second-order valence-corrected chi connectivity index (χ2v) is 3.54. The molecule has 1 aromatic carbocycles. The van der Waals surface area contributed by atoms with E-state index in [-0.39, 0.29) is 5.91 Å². The zero-order valence-electron chi connectivity index (χ0n) is 8.49. The number of hydrogen-bond acceptors (Lipinski definition) is 2. The second-order valence-electron chi connectivity index (χ2n) is 3.54. The van der Waals surface area contributed by atoms with Crippen LogP contribution >= 0.6 is 0 Å². The number of rotatable bonds is 2. The van der Waals surface area contributed by atoms with Crippen molar-refractivity contribution in [3.63, 3.8) is 0 Å². The van der Waals surface area contributed by atoms with Gasteiger partial charge in [0, 0.05) is 13.5 Å². The molecule has 78 valence electrons. The van der Waals surface area contributed by atoms with Crippen LogP contribution in [0.3, 0.4) is 0 Å².